The van der Waals surface area contributed by atoms with E-state index < -0.39 is 24.1 Å². The van der Waals surface area contributed by atoms with Crippen LogP contribution in [-0.2, 0) is 11.2 Å². The van der Waals surface area contributed by atoms with Crippen molar-refractivity contribution in [1.82, 2.24) is 14.9 Å². The number of benzene rings is 1. The van der Waals surface area contributed by atoms with Crippen LogP contribution in [0, 0.1) is 23.6 Å². The summed E-state index contributed by atoms with van der Waals surface area (Å²) in [7, 11) is 0. The number of anilines is 1. The van der Waals surface area contributed by atoms with Crippen LogP contribution < -0.4 is 9.64 Å². The number of hydrogen-bond donors (Lipinski definition) is 0. The molecule has 0 unspecified atom stereocenters. The van der Waals surface area contributed by atoms with Crippen molar-refractivity contribution in [2.24, 2.45) is 17.8 Å². The molecule has 2 saturated heterocycles. The quantitative estimate of drug-likeness (QED) is 0.505. The van der Waals surface area contributed by atoms with Crippen LogP contribution in [0.3, 0.4) is 0 Å². The molecule has 0 N–H and O–H groups in total. The molecule has 0 bridgehead atoms. The van der Waals surface area contributed by atoms with E-state index in [1.165, 1.54) is 18.6 Å². The smallest absolute Gasteiger partial charge is 0.227 e. The Labute approximate surface area is 213 Å². The van der Waals surface area contributed by atoms with Gasteiger partial charge in [0.1, 0.15) is 11.6 Å². The third kappa shape index (κ3) is 5.88. The van der Waals surface area contributed by atoms with Gasteiger partial charge in [-0.2, -0.15) is 0 Å². The second-order valence-corrected chi connectivity index (χ2v) is 10.5. The molecule has 1 aromatic heterocycles. The van der Waals surface area contributed by atoms with E-state index in [4.69, 9.17) is 16.3 Å². The minimum atomic E-state index is -1.67. The number of alkyl halides is 2. The van der Waals surface area contributed by atoms with Crippen LogP contribution in [0.15, 0.2) is 30.6 Å². The Hall–Kier alpha value is -2.55. The fourth-order valence-electron chi connectivity index (χ4n) is 5.47. The molecule has 3 heterocycles. The highest BCUT2D eigenvalue weighted by atomic mass is 35.5. The van der Waals surface area contributed by atoms with Crippen molar-refractivity contribution in [2.45, 2.75) is 44.4 Å². The number of carbonyl (C=O) groups excluding carboxylic acids is 1. The highest BCUT2D eigenvalue weighted by molar-refractivity contribution is 6.30. The number of carbonyl (C=O) groups is 1. The zero-order valence-corrected chi connectivity index (χ0v) is 20.7. The zero-order chi connectivity index (χ0) is 25.2. The highest BCUT2D eigenvalue weighted by Crippen LogP contribution is 2.49. The molecule has 2 aliphatic heterocycles. The first kappa shape index (κ1) is 25.1. The molecule has 1 saturated carbocycles. The van der Waals surface area contributed by atoms with Crippen LogP contribution >= 0.6 is 11.6 Å². The Morgan fingerprint density at radius 2 is 1.81 bits per heavy atom. The molecule has 6 nitrogen and oxygen atoms in total. The van der Waals surface area contributed by atoms with E-state index in [0.717, 1.165) is 43.2 Å². The molecule has 4 atom stereocenters. The predicted octanol–water partition coefficient (Wildman–Crippen LogP) is 4.65. The lowest BCUT2D eigenvalue weighted by Crippen LogP contribution is -2.35. The summed E-state index contributed by atoms with van der Waals surface area (Å²) in [6, 6.07) is 4.43. The second kappa shape index (κ2) is 10.8. The molecule has 1 aromatic carbocycles. The lowest BCUT2D eigenvalue weighted by molar-refractivity contribution is -0.129. The van der Waals surface area contributed by atoms with E-state index in [0.29, 0.717) is 35.1 Å². The number of aromatic nitrogens is 2. The molecule has 10 heteroatoms. The van der Waals surface area contributed by atoms with Gasteiger partial charge in [0.15, 0.2) is 12.3 Å². The fourth-order valence-corrected chi connectivity index (χ4v) is 5.57. The normalized spacial score (nSPS) is 26.3. The summed E-state index contributed by atoms with van der Waals surface area (Å²) in [5, 5.41) is 0.540. The number of rotatable bonds is 8. The van der Waals surface area contributed by atoms with E-state index in [1.54, 1.807) is 18.5 Å². The van der Waals surface area contributed by atoms with Crippen LogP contribution in [0.4, 0.5) is 19.1 Å². The van der Waals surface area contributed by atoms with E-state index in [2.05, 4.69) is 14.9 Å². The number of amides is 1. The van der Waals surface area contributed by atoms with Gasteiger partial charge < -0.3 is 14.5 Å². The SMILES string of the molecule is O=C(Cc1ccc(OCC[C@@H]2C[C@@H]2C2CCN(c3ncc(Cl)cn3)CC2)cc1F)N1C[C@H](F)[C@@H](F)C1. The molecule has 0 radical (unpaired) electrons. The molecular weight excluding hydrogens is 493 g/mol. The average Bonchev–Trinajstić information content (AvgIpc) is 3.57. The topological polar surface area (TPSA) is 58.6 Å². The van der Waals surface area contributed by atoms with Gasteiger partial charge >= 0.3 is 0 Å². The number of nitrogens with zero attached hydrogens (tertiary/aromatic N) is 4. The highest BCUT2D eigenvalue weighted by Gasteiger charge is 2.43. The zero-order valence-electron chi connectivity index (χ0n) is 20.0. The standard InChI is InChI=1S/C26H30ClF3N4O2/c27-19-12-31-26(32-13-19)33-6-3-16(4-7-33)21-9-17(21)5-8-36-20-2-1-18(22(28)11-20)10-25(35)34-14-23(29)24(30)15-34/h1-2,11-13,16-17,21,23-24H,3-10,14-15H2/t17-,21-,23+,24+/m1/s1. The molecule has 194 valence electrons. The number of piperidine rings is 1. The van der Waals surface area contributed by atoms with Gasteiger partial charge in [-0.3, -0.25) is 4.79 Å². The minimum Gasteiger partial charge on any atom is -0.493 e. The largest absolute Gasteiger partial charge is 0.493 e. The van der Waals surface area contributed by atoms with Gasteiger partial charge in [-0.15, -0.1) is 0 Å². The van der Waals surface area contributed by atoms with E-state index in [1.807, 2.05) is 0 Å². The number of ether oxygens (including phenoxy) is 1. The summed E-state index contributed by atoms with van der Waals surface area (Å²) in [6.07, 6.45) is 4.07. The molecule has 2 aromatic rings. The second-order valence-electron chi connectivity index (χ2n) is 10.1. The number of hydrogen-bond acceptors (Lipinski definition) is 5. The lowest BCUT2D eigenvalue weighted by atomic mass is 9.90. The van der Waals surface area contributed by atoms with Gasteiger partial charge in [-0.05, 0) is 55.1 Å². The molecule has 36 heavy (non-hydrogen) atoms. The molecular formula is C26H30ClF3N4O2. The van der Waals surface area contributed by atoms with Gasteiger partial charge in [0.05, 0.1) is 43.5 Å². The van der Waals surface area contributed by atoms with Crippen LogP contribution in [0.1, 0.15) is 31.2 Å². The Morgan fingerprint density at radius 1 is 1.11 bits per heavy atom. The van der Waals surface area contributed by atoms with Gasteiger partial charge in [-0.25, -0.2) is 23.1 Å². The lowest BCUT2D eigenvalue weighted by Gasteiger charge is -2.32. The van der Waals surface area contributed by atoms with Crippen LogP contribution in [0.25, 0.3) is 0 Å². The Morgan fingerprint density at radius 3 is 2.47 bits per heavy atom. The van der Waals surface area contributed by atoms with Gasteiger partial charge in [-0.1, -0.05) is 17.7 Å². The van der Waals surface area contributed by atoms with Crippen molar-refractivity contribution in [3.8, 4) is 5.75 Å². The summed E-state index contributed by atoms with van der Waals surface area (Å²) in [6.45, 7) is 1.85. The first-order valence-corrected chi connectivity index (χ1v) is 12.9. The maximum absolute atomic E-state index is 14.5. The first-order valence-electron chi connectivity index (χ1n) is 12.6. The summed E-state index contributed by atoms with van der Waals surface area (Å²) < 4.78 is 46.9. The summed E-state index contributed by atoms with van der Waals surface area (Å²) in [5.41, 5.74) is 0.197. The van der Waals surface area contributed by atoms with Crippen LogP contribution in [0.2, 0.25) is 5.02 Å². The Bertz CT molecular complexity index is 1060. The van der Waals surface area contributed by atoms with Crippen LogP contribution in [-0.4, -0.2) is 65.9 Å². The summed E-state index contributed by atoms with van der Waals surface area (Å²) in [5.74, 6) is 2.18. The fraction of sp³-hybridized carbons (Fsp3) is 0.577. The summed E-state index contributed by atoms with van der Waals surface area (Å²) in [4.78, 5) is 24.2. The van der Waals surface area contributed by atoms with Crippen molar-refractivity contribution in [3.63, 3.8) is 0 Å². The summed E-state index contributed by atoms with van der Waals surface area (Å²) >= 11 is 5.88. The van der Waals surface area contributed by atoms with Gasteiger partial charge in [0.2, 0.25) is 11.9 Å². The number of halogens is 4. The van der Waals surface area contributed by atoms with Crippen molar-refractivity contribution in [1.29, 1.82) is 0 Å². The minimum absolute atomic E-state index is 0.197. The van der Waals surface area contributed by atoms with E-state index >= 15 is 0 Å². The van der Waals surface area contributed by atoms with Crippen molar-refractivity contribution < 1.29 is 22.7 Å². The molecule has 1 aliphatic carbocycles. The Kier molecular flexibility index (Phi) is 7.55. The monoisotopic (exact) mass is 522 g/mol. The molecule has 3 fully saturated rings. The van der Waals surface area contributed by atoms with Crippen LogP contribution in [0.5, 0.6) is 5.75 Å². The molecule has 0 spiro atoms. The maximum atomic E-state index is 14.5. The molecule has 3 aliphatic rings. The van der Waals surface area contributed by atoms with Gasteiger partial charge in [0, 0.05) is 19.2 Å². The van der Waals surface area contributed by atoms with Crippen molar-refractivity contribution >= 4 is 23.5 Å². The maximum Gasteiger partial charge on any atom is 0.227 e. The Balaban J connectivity index is 1.02. The third-order valence-electron chi connectivity index (χ3n) is 7.67. The molecule has 5 rings (SSSR count). The van der Waals surface area contributed by atoms with Crippen molar-refractivity contribution in [3.05, 3.63) is 47.0 Å². The van der Waals surface area contributed by atoms with E-state index in [-0.39, 0.29) is 25.1 Å². The third-order valence-corrected chi connectivity index (χ3v) is 7.87. The number of likely N-dealkylation sites (tertiary alicyclic amines) is 1. The van der Waals surface area contributed by atoms with E-state index in [9.17, 15) is 18.0 Å². The predicted molar refractivity (Wildman–Crippen MR) is 130 cm³/mol. The average molecular weight is 523 g/mol. The van der Waals surface area contributed by atoms with Gasteiger partial charge in [0.25, 0.3) is 0 Å². The first-order chi connectivity index (χ1) is 17.4. The molecule has 1 amide bonds. The van der Waals surface area contributed by atoms with Crippen molar-refractivity contribution in [2.75, 3.05) is 37.7 Å².